The van der Waals surface area contributed by atoms with Gasteiger partial charge in [-0.3, -0.25) is 14.6 Å². The number of hydrogen-bond acceptors (Lipinski definition) is 6. The maximum absolute atomic E-state index is 8.42. The van der Waals surface area contributed by atoms with Crippen LogP contribution in [0.15, 0.2) is 0 Å². The van der Waals surface area contributed by atoms with Gasteiger partial charge in [0, 0.05) is 0 Å². The Morgan fingerprint density at radius 2 is 0.600 bits per heavy atom. The van der Waals surface area contributed by atoms with Crippen molar-refractivity contribution in [1.29, 1.82) is 0 Å². The summed E-state index contributed by atoms with van der Waals surface area (Å²) in [7, 11) is -5.83. The molecule has 10 heteroatoms. The van der Waals surface area contributed by atoms with Crippen LogP contribution in [0.25, 0.3) is 0 Å². The van der Waals surface area contributed by atoms with Gasteiger partial charge in [0.05, 0.1) is 0 Å². The molecule has 0 aromatic heterocycles. The van der Waals surface area contributed by atoms with Crippen LogP contribution in [0.1, 0.15) is 0 Å². The molecule has 0 rings (SSSR count). The van der Waals surface area contributed by atoms with Crippen LogP contribution in [0.3, 0.4) is 0 Å². The van der Waals surface area contributed by atoms with E-state index in [1.165, 1.54) is 0 Å². The molecule has 0 saturated heterocycles. The first-order valence-electron chi connectivity index (χ1n) is 1.41. The third-order valence-electron chi connectivity index (χ3n) is 0. The second-order valence-electron chi connectivity index (χ2n) is 0.577. The van der Waals surface area contributed by atoms with E-state index in [-0.39, 0.29) is 81.7 Å². The van der Waals surface area contributed by atoms with Crippen molar-refractivity contribution >= 4 is 14.6 Å². The van der Waals surface area contributed by atoms with E-state index in [9.17, 15) is 0 Å². The molecule has 10 heavy (non-hydrogen) atoms. The minimum absolute atomic E-state index is 0. The van der Waals surface area contributed by atoms with Gasteiger partial charge in [0.2, 0.25) is 0 Å². The van der Waals surface area contributed by atoms with E-state index >= 15 is 0 Å². The smallest absolute Gasteiger partial charge is 0.907 e. The fourth-order valence-electron chi connectivity index (χ4n) is 0. The molecule has 54 valence electrons. The van der Waals surface area contributed by atoms with Gasteiger partial charge >= 0.3 is 81.7 Å². The maximum Gasteiger partial charge on any atom is 3.00 e. The van der Waals surface area contributed by atoms with Crippen molar-refractivity contribution < 1.29 is 112 Å². The summed E-state index contributed by atoms with van der Waals surface area (Å²) >= 11 is 0. The molecule has 0 unspecified atom stereocenters. The summed E-state index contributed by atoms with van der Waals surface area (Å²) < 4.78 is 0. The normalized spacial score (nSPS) is 5.40. The summed E-state index contributed by atoms with van der Waals surface area (Å²) in [6.45, 7) is 0. The molecule has 0 bridgehead atoms. The zero-order valence-electron chi connectivity index (χ0n) is 4.46. The molecule has 0 amide bonds. The fourth-order valence-corrected chi connectivity index (χ4v) is 0. The first-order chi connectivity index (χ1) is 3.46. The van der Waals surface area contributed by atoms with Crippen LogP contribution in [0, 0.1) is 81.7 Å². The van der Waals surface area contributed by atoms with Crippen LogP contribution in [0.4, 0.5) is 0 Å². The van der Waals surface area contributed by atoms with Crippen LogP contribution in [-0.2, 0) is 0 Å². The van der Waals surface area contributed by atoms with Crippen molar-refractivity contribution in [3.63, 3.8) is 0 Å². The molecule has 0 aromatic carbocycles. The Morgan fingerprint density at radius 1 is 0.600 bits per heavy atom. The number of rotatable bonds is 0. The average Bonchev–Trinajstić information content (AvgIpc) is 1.25. The topological polar surface area (TPSA) is 138 Å². The van der Waals surface area contributed by atoms with E-state index in [0.717, 1.165) is 0 Å². The van der Waals surface area contributed by atoms with Gasteiger partial charge < -0.3 is 30.1 Å². The van der Waals surface area contributed by atoms with Crippen molar-refractivity contribution in [1.82, 2.24) is 0 Å². The van der Waals surface area contributed by atoms with Gasteiger partial charge in [0.15, 0.2) is 0 Å². The van der Waals surface area contributed by atoms with Gasteiger partial charge in [0.25, 0.3) is 0 Å². The van der Waals surface area contributed by atoms with Crippen molar-refractivity contribution in [2.45, 2.75) is 0 Å². The molecule has 0 saturated carbocycles. The Hall–Kier alpha value is 2.59. The standard InChI is InChI=1S/2BO3.Ce.Gd/c2*2-1(3)4;;/q2*-3;2*+3. The molecule has 0 aliphatic carbocycles. The molecule has 0 aromatic rings. The Labute approximate surface area is 124 Å². The molecular formula is B2CeGdO6. The van der Waals surface area contributed by atoms with E-state index < -0.39 is 14.6 Å². The average molecular weight is 415 g/mol. The monoisotopic (exact) mass is 416 g/mol. The third kappa shape index (κ3) is 145. The summed E-state index contributed by atoms with van der Waals surface area (Å²) in [4.78, 5) is 0. The van der Waals surface area contributed by atoms with Gasteiger partial charge in [-0.05, 0) is 0 Å². The zero-order valence-corrected chi connectivity index (χ0v) is 9.87. The molecule has 0 fully saturated rings. The Bertz CT molecular complexity index is 31.2. The van der Waals surface area contributed by atoms with Crippen LogP contribution >= 0.6 is 0 Å². The molecule has 0 aliphatic rings. The first kappa shape index (κ1) is 22.9. The van der Waals surface area contributed by atoms with Gasteiger partial charge in [-0.15, -0.1) is 0 Å². The SMILES string of the molecule is [Ce+3].[Gd+3].[O-]B([O-])[O-].[O-]B([O-])[O-]. The Kier molecular flexibility index (Phi) is 40.4. The fraction of sp³-hybridized carbons (Fsp3) is 0. The summed E-state index contributed by atoms with van der Waals surface area (Å²) in [5.74, 6) is 0. The van der Waals surface area contributed by atoms with E-state index in [0.29, 0.717) is 0 Å². The molecule has 2 radical (unpaired) electrons. The summed E-state index contributed by atoms with van der Waals surface area (Å²) in [6, 6.07) is 0. The zero-order chi connectivity index (χ0) is 7.15. The van der Waals surface area contributed by atoms with E-state index in [2.05, 4.69) is 0 Å². The summed E-state index contributed by atoms with van der Waals surface area (Å²) in [5.41, 5.74) is 0. The minimum Gasteiger partial charge on any atom is -0.907 e. The molecule has 0 atom stereocenters. The quantitative estimate of drug-likeness (QED) is 0.361. The molecule has 6 nitrogen and oxygen atoms in total. The Balaban J connectivity index is -0.0000000300. The van der Waals surface area contributed by atoms with Crippen molar-refractivity contribution in [2.75, 3.05) is 0 Å². The van der Waals surface area contributed by atoms with Crippen molar-refractivity contribution in [3.05, 3.63) is 0 Å². The second-order valence-corrected chi connectivity index (χ2v) is 0.577. The second kappa shape index (κ2) is 17.6. The van der Waals surface area contributed by atoms with Gasteiger partial charge in [-0.1, -0.05) is 0 Å². The minimum atomic E-state index is -2.92. The molecule has 0 heterocycles. The molecular weight excluding hydrogens is 415 g/mol. The van der Waals surface area contributed by atoms with E-state index in [1.54, 1.807) is 0 Å². The molecule has 0 N–H and O–H groups in total. The summed E-state index contributed by atoms with van der Waals surface area (Å²) in [6.07, 6.45) is 0. The molecule has 0 spiro atoms. The van der Waals surface area contributed by atoms with Gasteiger partial charge in [-0.2, -0.15) is 0 Å². The van der Waals surface area contributed by atoms with Crippen LogP contribution < -0.4 is 30.1 Å². The first-order valence-corrected chi connectivity index (χ1v) is 1.41. The molecule has 0 aliphatic heterocycles. The number of hydrogen-bond donors (Lipinski definition) is 0. The predicted molar refractivity (Wildman–Crippen MR) is 11.5 cm³/mol. The largest absolute Gasteiger partial charge is 3.00 e. The van der Waals surface area contributed by atoms with E-state index in [1.807, 2.05) is 0 Å². The predicted octanol–water partition coefficient (Wildman–Crippen LogP) is -7.90. The summed E-state index contributed by atoms with van der Waals surface area (Å²) in [5, 5.41) is 50.5. The maximum atomic E-state index is 8.42. The van der Waals surface area contributed by atoms with Gasteiger partial charge in [-0.25, -0.2) is 0 Å². The van der Waals surface area contributed by atoms with Gasteiger partial charge in [0.1, 0.15) is 0 Å². The van der Waals surface area contributed by atoms with Crippen molar-refractivity contribution in [2.24, 2.45) is 0 Å². The van der Waals surface area contributed by atoms with E-state index in [4.69, 9.17) is 30.1 Å². The van der Waals surface area contributed by atoms with Crippen LogP contribution in [0.5, 0.6) is 0 Å². The van der Waals surface area contributed by atoms with Crippen LogP contribution in [0.2, 0.25) is 0 Å². The van der Waals surface area contributed by atoms with Crippen molar-refractivity contribution in [3.8, 4) is 0 Å². The third-order valence-corrected chi connectivity index (χ3v) is 0. The van der Waals surface area contributed by atoms with Crippen LogP contribution in [-0.4, -0.2) is 14.6 Å². The Morgan fingerprint density at radius 3 is 0.600 bits per heavy atom.